The monoisotopic (exact) mass is 317 g/mol. The van der Waals surface area contributed by atoms with Crippen LogP contribution in [0.2, 0.25) is 0 Å². The predicted octanol–water partition coefficient (Wildman–Crippen LogP) is 5.42. The number of fused-ring (bicyclic) bond motifs is 3. The Morgan fingerprint density at radius 2 is 1.58 bits per heavy atom. The molecule has 0 saturated carbocycles. The van der Waals surface area contributed by atoms with E-state index in [1.807, 2.05) is 0 Å². The Bertz CT molecular complexity index is 776. The summed E-state index contributed by atoms with van der Waals surface area (Å²) in [6.07, 6.45) is 3.62. The lowest BCUT2D eigenvalue weighted by Gasteiger charge is -2.47. The Hall–Kier alpha value is -2.02. The third kappa shape index (κ3) is 2.00. The lowest BCUT2D eigenvalue weighted by atomic mass is 9.58. The van der Waals surface area contributed by atoms with Gasteiger partial charge in [-0.2, -0.15) is 0 Å². The zero-order valence-electron chi connectivity index (χ0n) is 15.2. The Morgan fingerprint density at radius 3 is 2.33 bits per heavy atom. The van der Waals surface area contributed by atoms with E-state index in [1.54, 1.807) is 0 Å². The van der Waals surface area contributed by atoms with Gasteiger partial charge in [-0.25, -0.2) is 0 Å². The largest absolute Gasteiger partial charge is 0.347 e. The van der Waals surface area contributed by atoms with E-state index < -0.39 is 0 Å². The van der Waals surface area contributed by atoms with Crippen molar-refractivity contribution in [1.29, 1.82) is 0 Å². The van der Waals surface area contributed by atoms with Crippen LogP contribution >= 0.6 is 0 Å². The number of nitrogens with zero attached hydrogens (tertiary/aromatic N) is 1. The van der Waals surface area contributed by atoms with Gasteiger partial charge in [0.1, 0.15) is 0 Å². The number of rotatable bonds is 2. The van der Waals surface area contributed by atoms with Gasteiger partial charge in [-0.05, 0) is 41.4 Å². The minimum atomic E-state index is 0.0959. The van der Waals surface area contributed by atoms with Crippen molar-refractivity contribution in [3.63, 3.8) is 0 Å². The van der Waals surface area contributed by atoms with Gasteiger partial charge in [-0.3, -0.25) is 0 Å². The molecular formula is C23H27N. The predicted molar refractivity (Wildman–Crippen MR) is 102 cm³/mol. The van der Waals surface area contributed by atoms with Gasteiger partial charge in [-0.15, -0.1) is 0 Å². The number of anilines is 1. The van der Waals surface area contributed by atoms with Gasteiger partial charge in [0.15, 0.2) is 0 Å². The van der Waals surface area contributed by atoms with Crippen molar-refractivity contribution in [3.05, 3.63) is 77.5 Å². The molecule has 4 rings (SSSR count). The summed E-state index contributed by atoms with van der Waals surface area (Å²) in [7, 11) is 2.24. The normalized spacial score (nSPS) is 31.4. The maximum absolute atomic E-state index is 2.54. The molecule has 0 bridgehead atoms. The average molecular weight is 317 g/mol. The molecule has 24 heavy (non-hydrogen) atoms. The zero-order chi connectivity index (χ0) is 16.9. The van der Waals surface area contributed by atoms with Crippen LogP contribution in [0.25, 0.3) is 0 Å². The number of hydrogen-bond donors (Lipinski definition) is 0. The maximum Gasteiger partial charge on any atom is 0.0448 e. The molecule has 1 aliphatic carbocycles. The van der Waals surface area contributed by atoms with Gasteiger partial charge >= 0.3 is 0 Å². The van der Waals surface area contributed by atoms with Crippen LogP contribution in [0.4, 0.5) is 5.69 Å². The van der Waals surface area contributed by atoms with E-state index >= 15 is 0 Å². The quantitative estimate of drug-likeness (QED) is 0.714. The van der Waals surface area contributed by atoms with Crippen molar-refractivity contribution in [2.45, 2.75) is 32.6 Å². The van der Waals surface area contributed by atoms with Crippen molar-refractivity contribution in [2.24, 2.45) is 17.8 Å². The fourth-order valence-corrected chi connectivity index (χ4v) is 5.02. The molecule has 0 spiro atoms. The van der Waals surface area contributed by atoms with Crippen molar-refractivity contribution in [1.82, 2.24) is 0 Å². The number of likely N-dealkylation sites (N-methyl/N-ethyl adjacent to an activating group) is 1. The van der Waals surface area contributed by atoms with Crippen molar-refractivity contribution < 1.29 is 0 Å². The van der Waals surface area contributed by atoms with Gasteiger partial charge in [0.2, 0.25) is 0 Å². The molecule has 0 N–H and O–H groups in total. The van der Waals surface area contributed by atoms with E-state index in [1.165, 1.54) is 22.5 Å². The Labute approximate surface area is 146 Å². The van der Waals surface area contributed by atoms with Crippen molar-refractivity contribution in [3.8, 4) is 0 Å². The second kappa shape index (κ2) is 5.51. The molecular weight excluding hydrogens is 290 g/mol. The van der Waals surface area contributed by atoms with Crippen molar-refractivity contribution >= 4 is 5.69 Å². The molecule has 0 radical (unpaired) electrons. The minimum absolute atomic E-state index is 0.0959. The van der Waals surface area contributed by atoms with Crippen LogP contribution in [0, 0.1) is 17.8 Å². The van der Waals surface area contributed by atoms with E-state index in [4.69, 9.17) is 0 Å². The topological polar surface area (TPSA) is 3.24 Å². The summed E-state index contributed by atoms with van der Waals surface area (Å²) in [5.41, 5.74) is 5.92. The molecule has 1 nitrogen and oxygen atoms in total. The van der Waals surface area contributed by atoms with E-state index in [9.17, 15) is 0 Å². The molecule has 0 fully saturated rings. The first kappa shape index (κ1) is 15.5. The molecule has 2 aliphatic rings. The Morgan fingerprint density at radius 1 is 0.917 bits per heavy atom. The van der Waals surface area contributed by atoms with Crippen LogP contribution in [0.5, 0.6) is 0 Å². The van der Waals surface area contributed by atoms with Crippen LogP contribution in [0.1, 0.15) is 31.9 Å². The molecule has 1 aliphatic heterocycles. The second-order valence-electron chi connectivity index (χ2n) is 7.77. The van der Waals surface area contributed by atoms with Crippen LogP contribution in [-0.4, -0.2) is 7.05 Å². The highest BCUT2D eigenvalue weighted by Crippen LogP contribution is 2.58. The summed E-state index contributed by atoms with van der Waals surface area (Å²) in [4.78, 5) is 2.44. The number of allylic oxidation sites excluding steroid dienone is 2. The molecule has 2 aromatic rings. The molecule has 124 valence electrons. The fourth-order valence-electron chi connectivity index (χ4n) is 5.02. The SMILES string of the molecule is CC1C=C2N(C)c3ccccc3C2(Cc2ccccc2)C(C)C1C. The molecule has 4 atom stereocenters. The zero-order valence-corrected chi connectivity index (χ0v) is 15.2. The third-order valence-electron chi connectivity index (χ3n) is 6.71. The molecule has 1 heteroatoms. The molecule has 2 aromatic carbocycles. The first-order chi connectivity index (χ1) is 11.6. The van der Waals surface area contributed by atoms with Gasteiger partial charge in [0.05, 0.1) is 0 Å². The summed E-state index contributed by atoms with van der Waals surface area (Å²) >= 11 is 0. The lowest BCUT2D eigenvalue weighted by Crippen LogP contribution is -2.45. The Kier molecular flexibility index (Phi) is 3.56. The summed E-state index contributed by atoms with van der Waals surface area (Å²) < 4.78 is 0. The fraction of sp³-hybridized carbons (Fsp3) is 0.391. The summed E-state index contributed by atoms with van der Waals surface area (Å²) in [6, 6.07) is 20.0. The molecule has 1 heterocycles. The highest BCUT2D eigenvalue weighted by atomic mass is 15.2. The third-order valence-corrected chi connectivity index (χ3v) is 6.71. The first-order valence-electron chi connectivity index (χ1n) is 9.15. The van der Waals surface area contributed by atoms with Gasteiger partial charge in [0, 0.05) is 23.8 Å². The van der Waals surface area contributed by atoms with E-state index in [2.05, 4.69) is 93.4 Å². The van der Waals surface area contributed by atoms with Crippen molar-refractivity contribution in [2.75, 3.05) is 11.9 Å². The second-order valence-corrected chi connectivity index (χ2v) is 7.77. The highest BCUT2D eigenvalue weighted by molar-refractivity contribution is 5.72. The maximum atomic E-state index is 2.54. The van der Waals surface area contributed by atoms with Gasteiger partial charge in [-0.1, -0.05) is 75.4 Å². The number of para-hydroxylation sites is 1. The first-order valence-corrected chi connectivity index (χ1v) is 9.15. The molecule has 4 unspecified atom stereocenters. The van der Waals surface area contributed by atoms with Gasteiger partial charge < -0.3 is 4.90 Å². The summed E-state index contributed by atoms with van der Waals surface area (Å²) in [6.45, 7) is 7.26. The Balaban J connectivity index is 1.95. The smallest absolute Gasteiger partial charge is 0.0448 e. The lowest BCUT2D eigenvalue weighted by molar-refractivity contribution is 0.192. The van der Waals surface area contributed by atoms with Crippen LogP contribution < -0.4 is 4.90 Å². The average Bonchev–Trinajstić information content (AvgIpc) is 2.84. The number of hydrogen-bond acceptors (Lipinski definition) is 1. The number of benzene rings is 2. The van der Waals surface area contributed by atoms with E-state index in [-0.39, 0.29) is 5.41 Å². The van der Waals surface area contributed by atoms with Gasteiger partial charge in [0.25, 0.3) is 0 Å². The molecule has 0 amide bonds. The standard InChI is InChI=1S/C23H27N/c1-16-14-22-23(18(3)17(16)2,15-19-10-6-5-7-11-19)20-12-8-9-13-21(20)24(22)4/h5-14,16-18H,15H2,1-4H3. The van der Waals surface area contributed by atoms with Crippen LogP contribution in [-0.2, 0) is 11.8 Å². The molecule has 0 aromatic heterocycles. The highest BCUT2D eigenvalue weighted by Gasteiger charge is 2.53. The minimum Gasteiger partial charge on any atom is -0.347 e. The summed E-state index contributed by atoms with van der Waals surface area (Å²) in [5, 5.41) is 0. The van der Waals surface area contributed by atoms with E-state index in [0.29, 0.717) is 17.8 Å². The van der Waals surface area contributed by atoms with Crippen LogP contribution in [0.3, 0.4) is 0 Å². The van der Waals surface area contributed by atoms with Crippen LogP contribution in [0.15, 0.2) is 66.4 Å². The summed E-state index contributed by atoms with van der Waals surface area (Å²) in [5.74, 6) is 1.91. The molecule has 0 saturated heterocycles. The van der Waals surface area contributed by atoms with E-state index in [0.717, 1.165) is 6.42 Å².